The van der Waals surface area contributed by atoms with Crippen molar-refractivity contribution < 1.29 is 26.9 Å². The summed E-state index contributed by atoms with van der Waals surface area (Å²) in [6.07, 6.45) is 0.682. The number of hydrogen-bond acceptors (Lipinski definition) is 6. The van der Waals surface area contributed by atoms with Crippen LogP contribution in [0.4, 0.5) is 0 Å². The Morgan fingerprint density at radius 2 is 1.96 bits per heavy atom. The van der Waals surface area contributed by atoms with Gasteiger partial charge in [0, 0.05) is 6.42 Å². The lowest BCUT2D eigenvalue weighted by atomic mass is 9.68. The molecule has 0 aliphatic carbocycles. The highest BCUT2D eigenvalue weighted by Gasteiger charge is 2.74. The van der Waals surface area contributed by atoms with Gasteiger partial charge in [0.25, 0.3) is 10.1 Å². The fourth-order valence-corrected chi connectivity index (χ4v) is 5.17. The molecule has 0 aromatic heterocycles. The summed E-state index contributed by atoms with van der Waals surface area (Å²) in [6.45, 7) is 3.79. The first-order chi connectivity index (χ1) is 10.8. The Kier molecular flexibility index (Phi) is 2.99. The lowest BCUT2D eigenvalue weighted by Crippen LogP contribution is -2.46. The highest BCUT2D eigenvalue weighted by Crippen LogP contribution is 2.61. The van der Waals surface area contributed by atoms with Crippen LogP contribution in [0.15, 0.2) is 29.2 Å². The Balaban J connectivity index is 1.69. The summed E-state index contributed by atoms with van der Waals surface area (Å²) in [6, 6.07) is 6.46. The minimum Gasteiger partial charge on any atom is -0.465 e. The molecule has 0 unspecified atom stereocenters. The molecule has 0 amide bonds. The van der Waals surface area contributed by atoms with E-state index in [1.807, 2.05) is 6.92 Å². The number of hydrogen-bond donors (Lipinski definition) is 0. The van der Waals surface area contributed by atoms with Gasteiger partial charge in [-0.25, -0.2) is 4.18 Å². The van der Waals surface area contributed by atoms with Crippen LogP contribution in [-0.4, -0.2) is 32.9 Å². The number of carbonyl (C=O) groups excluding carboxylic acids is 1. The molecule has 0 spiro atoms. The summed E-state index contributed by atoms with van der Waals surface area (Å²) in [7, 11) is -3.98. The van der Waals surface area contributed by atoms with Crippen molar-refractivity contribution in [1.29, 1.82) is 0 Å². The summed E-state index contributed by atoms with van der Waals surface area (Å²) in [5, 5.41) is 0. The van der Waals surface area contributed by atoms with E-state index in [0.29, 0.717) is 12.8 Å². The Labute approximate surface area is 134 Å². The van der Waals surface area contributed by atoms with Crippen molar-refractivity contribution >= 4 is 16.1 Å². The molecule has 6 nitrogen and oxygen atoms in total. The third-order valence-electron chi connectivity index (χ3n) is 5.40. The molecule has 1 aromatic rings. The molecule has 2 bridgehead atoms. The van der Waals surface area contributed by atoms with E-state index in [1.165, 1.54) is 12.1 Å². The van der Waals surface area contributed by atoms with E-state index in [1.54, 1.807) is 19.1 Å². The first-order valence-corrected chi connectivity index (χ1v) is 9.06. The zero-order valence-electron chi connectivity index (χ0n) is 12.9. The van der Waals surface area contributed by atoms with Gasteiger partial charge in [-0.1, -0.05) is 17.7 Å². The van der Waals surface area contributed by atoms with Gasteiger partial charge in [0.05, 0.1) is 16.9 Å². The average Bonchev–Trinajstić information content (AvgIpc) is 3.10. The molecule has 1 aromatic carbocycles. The number of aryl methyl sites for hydroxylation is 1. The normalized spacial score (nSPS) is 38.6. The topological polar surface area (TPSA) is 78.9 Å². The van der Waals surface area contributed by atoms with Gasteiger partial charge in [0.15, 0.2) is 5.79 Å². The molecule has 0 radical (unpaired) electrons. The molecule has 3 aliphatic heterocycles. The van der Waals surface area contributed by atoms with Gasteiger partial charge in [-0.15, -0.1) is 0 Å². The van der Waals surface area contributed by atoms with E-state index in [2.05, 4.69) is 0 Å². The van der Waals surface area contributed by atoms with Crippen LogP contribution in [0.25, 0.3) is 0 Å². The van der Waals surface area contributed by atoms with Crippen molar-refractivity contribution in [1.82, 2.24) is 0 Å². The van der Waals surface area contributed by atoms with Crippen molar-refractivity contribution in [2.45, 2.75) is 43.5 Å². The molecule has 4 rings (SSSR count). The van der Waals surface area contributed by atoms with Crippen molar-refractivity contribution in [3.63, 3.8) is 0 Å². The summed E-state index contributed by atoms with van der Waals surface area (Å²) >= 11 is 0. The van der Waals surface area contributed by atoms with Crippen LogP contribution in [0.3, 0.4) is 0 Å². The molecule has 0 N–H and O–H groups in total. The van der Waals surface area contributed by atoms with Gasteiger partial charge >= 0.3 is 5.97 Å². The Morgan fingerprint density at radius 1 is 1.26 bits per heavy atom. The zero-order valence-corrected chi connectivity index (χ0v) is 13.8. The molecule has 3 aliphatic rings. The summed E-state index contributed by atoms with van der Waals surface area (Å²) < 4.78 is 41.9. The van der Waals surface area contributed by atoms with Crippen LogP contribution in [0.5, 0.6) is 0 Å². The fraction of sp³-hybridized carbons (Fsp3) is 0.562. The molecule has 124 valence electrons. The molecule has 3 heterocycles. The maximum atomic E-state index is 12.6. The number of cyclic esters (lactones) is 1. The lowest BCUT2D eigenvalue weighted by molar-refractivity contribution is -0.166. The predicted octanol–water partition coefficient (Wildman–Crippen LogP) is 1.77. The minimum atomic E-state index is -3.98. The third-order valence-corrected chi connectivity index (χ3v) is 6.75. The van der Waals surface area contributed by atoms with Crippen LogP contribution in [0.2, 0.25) is 0 Å². The van der Waals surface area contributed by atoms with Gasteiger partial charge in [-0.05, 0) is 32.4 Å². The molecule has 23 heavy (non-hydrogen) atoms. The monoisotopic (exact) mass is 338 g/mol. The smallest absolute Gasteiger partial charge is 0.315 e. The Morgan fingerprint density at radius 3 is 2.65 bits per heavy atom. The van der Waals surface area contributed by atoms with Gasteiger partial charge < -0.3 is 9.47 Å². The van der Waals surface area contributed by atoms with Crippen LogP contribution < -0.4 is 0 Å². The summed E-state index contributed by atoms with van der Waals surface area (Å²) in [5.41, 5.74) is 0.142. The average molecular weight is 338 g/mol. The fourth-order valence-electron chi connectivity index (χ4n) is 4.00. The van der Waals surface area contributed by atoms with Gasteiger partial charge in [-0.3, -0.25) is 4.79 Å². The van der Waals surface area contributed by atoms with E-state index in [4.69, 9.17) is 13.7 Å². The molecule has 3 saturated heterocycles. The quantitative estimate of drug-likeness (QED) is 0.617. The first kappa shape index (κ1) is 15.1. The number of ether oxygens (including phenoxy) is 2. The van der Waals surface area contributed by atoms with Crippen molar-refractivity contribution in [3.05, 3.63) is 29.8 Å². The van der Waals surface area contributed by atoms with Gasteiger partial charge in [-0.2, -0.15) is 8.42 Å². The maximum absolute atomic E-state index is 12.6. The van der Waals surface area contributed by atoms with Crippen molar-refractivity contribution in [3.8, 4) is 0 Å². The second kappa shape index (κ2) is 4.55. The zero-order chi connectivity index (χ0) is 16.5. The minimum absolute atomic E-state index is 0.0865. The molecule has 4 atom stereocenters. The number of fused-ring (bicyclic) bond motifs is 5. The van der Waals surface area contributed by atoms with Crippen LogP contribution in [-0.2, 0) is 28.6 Å². The summed E-state index contributed by atoms with van der Waals surface area (Å²) in [4.78, 5) is 12.2. The third kappa shape index (κ3) is 1.93. The van der Waals surface area contributed by atoms with Crippen LogP contribution in [0.1, 0.15) is 25.3 Å². The molecule has 7 heteroatoms. The lowest BCUT2D eigenvalue weighted by Gasteiger charge is -2.33. The van der Waals surface area contributed by atoms with E-state index >= 15 is 0 Å². The van der Waals surface area contributed by atoms with E-state index in [0.717, 1.165) is 5.56 Å². The van der Waals surface area contributed by atoms with Crippen LogP contribution in [0, 0.1) is 18.3 Å². The maximum Gasteiger partial charge on any atom is 0.315 e. The van der Waals surface area contributed by atoms with Crippen LogP contribution >= 0.6 is 0 Å². The number of benzene rings is 1. The molecular formula is C16H18O6S. The molecular weight excluding hydrogens is 320 g/mol. The Bertz CT molecular complexity index is 770. The second-order valence-electron chi connectivity index (χ2n) is 6.74. The number of rotatable bonds is 3. The second-order valence-corrected chi connectivity index (χ2v) is 8.29. The van der Waals surface area contributed by atoms with E-state index in [-0.39, 0.29) is 23.6 Å². The van der Waals surface area contributed by atoms with Crippen molar-refractivity contribution in [2.24, 2.45) is 11.3 Å². The van der Waals surface area contributed by atoms with Gasteiger partial charge in [0.2, 0.25) is 0 Å². The number of esters is 1. The SMILES string of the molecule is Cc1ccc(S(=O)(=O)O[C@@]23CC[C@@H](O2)[C@@]2(C)C(=O)OC[C@@H]32)cc1. The highest BCUT2D eigenvalue weighted by atomic mass is 32.2. The molecule has 0 saturated carbocycles. The van der Waals surface area contributed by atoms with E-state index in [9.17, 15) is 13.2 Å². The first-order valence-electron chi connectivity index (χ1n) is 7.65. The summed E-state index contributed by atoms with van der Waals surface area (Å²) in [5.74, 6) is -2.03. The highest BCUT2D eigenvalue weighted by molar-refractivity contribution is 7.86. The van der Waals surface area contributed by atoms with Crippen molar-refractivity contribution in [2.75, 3.05) is 6.61 Å². The Hall–Kier alpha value is -1.44. The van der Waals surface area contributed by atoms with E-state index < -0.39 is 27.2 Å². The van der Waals surface area contributed by atoms with Gasteiger partial charge in [0.1, 0.15) is 12.0 Å². The number of carbonyl (C=O) groups is 1. The molecule has 3 fully saturated rings. The standard InChI is InChI=1S/C16H18O6S/c1-10-3-5-11(6-4-10)23(18,19)22-16-8-7-13(21-16)15(2)12(16)9-20-14(15)17/h3-6,12-13H,7-9H2,1-2H3/t12-,13-,15+,16-/m1/s1. The largest absolute Gasteiger partial charge is 0.465 e. The predicted molar refractivity (Wildman–Crippen MR) is 78.8 cm³/mol.